The number of nitrogens with one attached hydrogen (secondary N) is 1. The third kappa shape index (κ3) is 5.30. The number of primary sulfonamides is 1. The fourth-order valence-electron chi connectivity index (χ4n) is 2.15. The second kappa shape index (κ2) is 7.89. The van der Waals surface area contributed by atoms with Crippen LogP contribution in [0.1, 0.15) is 12.5 Å². The topological polar surface area (TPSA) is 149 Å². The quantitative estimate of drug-likeness (QED) is 0.253. The Kier molecular flexibility index (Phi) is 5.83. The number of rotatable bonds is 6. The molecule has 2 rings (SSSR count). The van der Waals surface area contributed by atoms with Crippen molar-refractivity contribution in [3.05, 3.63) is 69.8 Å². The van der Waals surface area contributed by atoms with Gasteiger partial charge in [-0.25, -0.2) is 13.6 Å². The van der Waals surface area contributed by atoms with Gasteiger partial charge >= 0.3 is 0 Å². The van der Waals surface area contributed by atoms with Crippen LogP contribution in [-0.4, -0.2) is 25.0 Å². The summed E-state index contributed by atoms with van der Waals surface area (Å²) in [5.74, 6) is -1.28. The monoisotopic (exact) mass is 389 g/mol. The van der Waals surface area contributed by atoms with Crippen LogP contribution in [0.4, 0.5) is 11.4 Å². The molecular weight excluding hydrogens is 374 g/mol. The van der Waals surface area contributed by atoms with Crippen molar-refractivity contribution in [1.82, 2.24) is 0 Å². The molecule has 0 aromatic heterocycles. The lowest BCUT2D eigenvalue weighted by molar-refractivity contribution is -0.384. The first kappa shape index (κ1) is 19.9. The van der Waals surface area contributed by atoms with E-state index >= 15 is 0 Å². The molecule has 0 aliphatic rings. The molecule has 0 saturated carbocycles. The summed E-state index contributed by atoms with van der Waals surface area (Å²) in [7, 11) is -3.86. The predicted molar refractivity (Wildman–Crippen MR) is 98.2 cm³/mol. The maximum absolute atomic E-state index is 12.4. The lowest BCUT2D eigenvalue weighted by Gasteiger charge is -2.08. The van der Waals surface area contributed by atoms with Crippen molar-refractivity contribution in [2.75, 3.05) is 5.32 Å². The summed E-state index contributed by atoms with van der Waals surface area (Å²) in [6.07, 6.45) is 1.24. The van der Waals surface area contributed by atoms with Crippen LogP contribution in [0.3, 0.4) is 0 Å². The highest BCUT2D eigenvalue weighted by Crippen LogP contribution is 2.18. The molecule has 0 fully saturated rings. The lowest BCUT2D eigenvalue weighted by Crippen LogP contribution is -2.19. The molecule has 1 amide bonds. The van der Waals surface area contributed by atoms with E-state index in [-0.39, 0.29) is 21.8 Å². The number of amides is 1. The van der Waals surface area contributed by atoms with Crippen LogP contribution >= 0.6 is 0 Å². The maximum atomic E-state index is 12.4. The Hall–Kier alpha value is -3.37. The van der Waals surface area contributed by atoms with Crippen molar-refractivity contribution >= 4 is 39.2 Å². The van der Waals surface area contributed by atoms with E-state index in [4.69, 9.17) is 5.14 Å². The van der Waals surface area contributed by atoms with Gasteiger partial charge in [0.2, 0.25) is 10.0 Å². The molecule has 3 N–H and O–H groups in total. The molecule has 0 spiro atoms. The van der Waals surface area contributed by atoms with Gasteiger partial charge in [0.05, 0.1) is 15.4 Å². The third-order valence-electron chi connectivity index (χ3n) is 3.46. The highest BCUT2D eigenvalue weighted by atomic mass is 32.2. The first-order chi connectivity index (χ1) is 12.6. The first-order valence-electron chi connectivity index (χ1n) is 7.49. The van der Waals surface area contributed by atoms with Crippen LogP contribution in [-0.2, 0) is 19.6 Å². The van der Waals surface area contributed by atoms with Gasteiger partial charge in [-0.15, -0.1) is 0 Å². The van der Waals surface area contributed by atoms with Crippen LogP contribution in [0.2, 0.25) is 0 Å². The van der Waals surface area contributed by atoms with Crippen LogP contribution in [0.15, 0.2) is 59.0 Å². The average molecular weight is 389 g/mol. The van der Waals surface area contributed by atoms with Gasteiger partial charge in [0.25, 0.3) is 11.6 Å². The van der Waals surface area contributed by atoms with Crippen molar-refractivity contribution < 1.29 is 22.9 Å². The van der Waals surface area contributed by atoms with Crippen molar-refractivity contribution in [3.63, 3.8) is 0 Å². The van der Waals surface area contributed by atoms with Crippen molar-refractivity contribution in [2.24, 2.45) is 5.14 Å². The second-order valence-corrected chi connectivity index (χ2v) is 7.05. The number of hydrogen-bond donors (Lipinski definition) is 2. The third-order valence-corrected chi connectivity index (χ3v) is 4.39. The van der Waals surface area contributed by atoms with Crippen LogP contribution in [0, 0.1) is 10.1 Å². The number of benzene rings is 2. The number of carbonyl (C=O) groups is 2. The van der Waals surface area contributed by atoms with Gasteiger partial charge < -0.3 is 5.32 Å². The molecule has 2 aromatic carbocycles. The number of carbonyl (C=O) groups excluding carboxylic acids is 2. The van der Waals surface area contributed by atoms with Crippen LogP contribution in [0.25, 0.3) is 6.08 Å². The Bertz CT molecular complexity index is 1040. The Morgan fingerprint density at radius 3 is 2.30 bits per heavy atom. The molecule has 0 saturated heterocycles. The summed E-state index contributed by atoms with van der Waals surface area (Å²) in [6.45, 7) is 1.19. The van der Waals surface area contributed by atoms with E-state index in [1.807, 2.05) is 0 Å². The molecule has 0 heterocycles. The Labute approximate surface area is 154 Å². The SMILES string of the molecule is CC(=O)/C(=C\c1cccc([N+](=O)[O-])c1)C(=O)Nc1ccc(S(N)(=O)=O)cc1. The van der Waals surface area contributed by atoms with Gasteiger partial charge in [0.15, 0.2) is 5.78 Å². The minimum Gasteiger partial charge on any atom is -0.322 e. The Balaban J connectivity index is 2.29. The first-order valence-corrected chi connectivity index (χ1v) is 9.04. The van der Waals surface area contributed by atoms with Crippen LogP contribution < -0.4 is 10.5 Å². The van der Waals surface area contributed by atoms with E-state index < -0.39 is 26.6 Å². The van der Waals surface area contributed by atoms with E-state index in [1.54, 1.807) is 0 Å². The molecule has 0 aliphatic carbocycles. The molecule has 140 valence electrons. The van der Waals surface area contributed by atoms with Gasteiger partial charge in [0.1, 0.15) is 0 Å². The molecule has 10 heteroatoms. The van der Waals surface area contributed by atoms with E-state index in [9.17, 15) is 28.1 Å². The normalized spacial score (nSPS) is 11.7. The van der Waals surface area contributed by atoms with Crippen molar-refractivity contribution in [1.29, 1.82) is 0 Å². The van der Waals surface area contributed by atoms with E-state index in [0.717, 1.165) is 0 Å². The zero-order valence-corrected chi connectivity index (χ0v) is 14.9. The number of nitrogens with two attached hydrogens (primary N) is 1. The number of nitrogens with zero attached hydrogens (tertiary/aromatic N) is 1. The van der Waals surface area contributed by atoms with E-state index in [0.29, 0.717) is 5.56 Å². The molecule has 0 bridgehead atoms. The predicted octanol–water partition coefficient (Wildman–Crippen LogP) is 1.85. The highest BCUT2D eigenvalue weighted by molar-refractivity contribution is 7.89. The zero-order chi connectivity index (χ0) is 20.2. The smallest absolute Gasteiger partial charge is 0.270 e. The Morgan fingerprint density at radius 1 is 1.15 bits per heavy atom. The summed E-state index contributed by atoms with van der Waals surface area (Å²) in [5.41, 5.74) is 0.171. The fraction of sp³-hybridized carbons (Fsp3) is 0.0588. The Morgan fingerprint density at radius 2 is 1.78 bits per heavy atom. The number of Topliss-reactive ketones (excluding diaryl/α,β-unsaturated/α-hetero) is 1. The number of hydrogen-bond acceptors (Lipinski definition) is 6. The van der Waals surface area contributed by atoms with Gasteiger partial charge in [-0.05, 0) is 42.8 Å². The number of sulfonamides is 1. The summed E-state index contributed by atoms with van der Waals surface area (Å²) in [6, 6.07) is 10.5. The standard InChI is InChI=1S/C17H15N3O6S/c1-11(21)16(10-12-3-2-4-14(9-12)20(23)24)17(22)19-13-5-7-15(8-6-13)27(18,25)26/h2-10H,1H3,(H,19,22)(H2,18,25,26)/b16-10+. The lowest BCUT2D eigenvalue weighted by atomic mass is 10.1. The average Bonchev–Trinajstić information content (AvgIpc) is 2.59. The highest BCUT2D eigenvalue weighted by Gasteiger charge is 2.16. The zero-order valence-electron chi connectivity index (χ0n) is 14.1. The minimum atomic E-state index is -3.86. The largest absolute Gasteiger partial charge is 0.322 e. The van der Waals surface area contributed by atoms with E-state index in [2.05, 4.69) is 5.32 Å². The van der Waals surface area contributed by atoms with Crippen LogP contribution in [0.5, 0.6) is 0 Å². The number of nitro benzene ring substituents is 1. The molecule has 27 heavy (non-hydrogen) atoms. The summed E-state index contributed by atoms with van der Waals surface area (Å²) in [5, 5.41) is 18.3. The fourth-order valence-corrected chi connectivity index (χ4v) is 2.66. The number of nitro groups is 1. The minimum absolute atomic E-state index is 0.126. The molecule has 9 nitrogen and oxygen atoms in total. The molecule has 0 radical (unpaired) electrons. The summed E-state index contributed by atoms with van der Waals surface area (Å²) in [4.78, 5) is 34.3. The van der Waals surface area contributed by atoms with Crippen molar-refractivity contribution in [3.8, 4) is 0 Å². The summed E-state index contributed by atoms with van der Waals surface area (Å²) >= 11 is 0. The molecule has 2 aromatic rings. The second-order valence-electron chi connectivity index (χ2n) is 5.49. The molecule has 0 atom stereocenters. The molecule has 0 unspecified atom stereocenters. The number of anilines is 1. The van der Waals surface area contributed by atoms with Gasteiger partial charge in [0, 0.05) is 17.8 Å². The van der Waals surface area contributed by atoms with Crippen molar-refractivity contribution in [2.45, 2.75) is 11.8 Å². The molecular formula is C17H15N3O6S. The number of non-ortho nitro benzene ring substituents is 1. The summed E-state index contributed by atoms with van der Waals surface area (Å²) < 4.78 is 22.5. The maximum Gasteiger partial charge on any atom is 0.270 e. The van der Waals surface area contributed by atoms with E-state index in [1.165, 1.54) is 61.5 Å². The molecule has 0 aliphatic heterocycles. The van der Waals surface area contributed by atoms with Gasteiger partial charge in [-0.3, -0.25) is 19.7 Å². The van der Waals surface area contributed by atoms with Gasteiger partial charge in [-0.2, -0.15) is 0 Å². The van der Waals surface area contributed by atoms with Gasteiger partial charge in [-0.1, -0.05) is 12.1 Å². The number of ketones is 1.